The van der Waals surface area contributed by atoms with Crippen molar-refractivity contribution in [3.8, 4) is 0 Å². The van der Waals surface area contributed by atoms with Crippen LogP contribution in [-0.2, 0) is 22.4 Å². The van der Waals surface area contributed by atoms with Crippen LogP contribution in [0.15, 0.2) is 50.2 Å². The van der Waals surface area contributed by atoms with Crippen molar-refractivity contribution in [1.82, 2.24) is 19.9 Å². The Bertz CT molecular complexity index is 1370. The van der Waals surface area contributed by atoms with Crippen molar-refractivity contribution in [1.29, 1.82) is 0 Å². The number of carboxylic acids is 1. The van der Waals surface area contributed by atoms with Crippen LogP contribution in [0.5, 0.6) is 0 Å². The number of amides is 2. The van der Waals surface area contributed by atoms with Gasteiger partial charge in [-0.15, -0.1) is 0 Å². The Morgan fingerprint density at radius 2 is 1.21 bits per heavy atom. The summed E-state index contributed by atoms with van der Waals surface area (Å²) in [5.74, 6) is -2.33. The van der Waals surface area contributed by atoms with Gasteiger partial charge < -0.3 is 25.7 Å². The highest BCUT2D eigenvalue weighted by Crippen LogP contribution is 2.21. The van der Waals surface area contributed by atoms with Gasteiger partial charge in [-0.3, -0.25) is 19.2 Å². The normalized spacial score (nSPS) is 10.7. The van der Waals surface area contributed by atoms with Crippen molar-refractivity contribution in [3.63, 3.8) is 0 Å². The number of carbonyl (C=O) groups is 3. The number of anilines is 2. The molecule has 0 radical (unpaired) electrons. The van der Waals surface area contributed by atoms with E-state index in [9.17, 15) is 29.1 Å². The predicted molar refractivity (Wildman–Crippen MR) is 150 cm³/mol. The van der Waals surface area contributed by atoms with Gasteiger partial charge in [-0.1, -0.05) is 50.2 Å². The molecule has 0 bridgehead atoms. The van der Waals surface area contributed by atoms with Gasteiger partial charge in [-0.25, -0.2) is 14.8 Å². The first-order valence-corrected chi connectivity index (χ1v) is 14.1. The van der Waals surface area contributed by atoms with Crippen LogP contribution in [0.1, 0.15) is 48.4 Å². The summed E-state index contributed by atoms with van der Waals surface area (Å²) in [4.78, 5) is 74.1. The molecule has 14 heteroatoms. The van der Waals surface area contributed by atoms with E-state index in [-0.39, 0.29) is 39.6 Å². The number of nitrogens with one attached hydrogen (secondary N) is 4. The number of hydrogen-bond donors (Lipinski definition) is 5. The Hall–Kier alpha value is -3.91. The van der Waals surface area contributed by atoms with Gasteiger partial charge in [0.2, 0.25) is 11.8 Å². The van der Waals surface area contributed by atoms with Crippen LogP contribution in [0.25, 0.3) is 0 Å². The second kappa shape index (κ2) is 14.3. The summed E-state index contributed by atoms with van der Waals surface area (Å²) in [6.07, 6.45) is 2.92. The van der Waals surface area contributed by atoms with Crippen molar-refractivity contribution in [2.45, 2.75) is 49.8 Å². The van der Waals surface area contributed by atoms with E-state index in [0.29, 0.717) is 34.5 Å². The lowest BCUT2D eigenvalue weighted by atomic mass is 10.1. The van der Waals surface area contributed by atoms with Gasteiger partial charge >= 0.3 is 5.97 Å². The summed E-state index contributed by atoms with van der Waals surface area (Å²) < 4.78 is 0. The van der Waals surface area contributed by atoms with Crippen LogP contribution in [-0.4, -0.2) is 54.3 Å². The molecule has 39 heavy (non-hydrogen) atoms. The Morgan fingerprint density at radius 3 is 1.59 bits per heavy atom. The molecule has 12 nitrogen and oxygen atoms in total. The van der Waals surface area contributed by atoms with Crippen molar-refractivity contribution in [3.05, 3.63) is 68.0 Å². The lowest BCUT2D eigenvalue weighted by Crippen LogP contribution is -2.18. The van der Waals surface area contributed by atoms with E-state index in [1.165, 1.54) is 30.3 Å². The van der Waals surface area contributed by atoms with Gasteiger partial charge in [0.25, 0.3) is 11.1 Å². The second-order valence-electron chi connectivity index (χ2n) is 8.36. The number of benzene rings is 1. The molecule has 0 unspecified atom stereocenters. The van der Waals surface area contributed by atoms with E-state index < -0.39 is 17.8 Å². The molecule has 2 amide bonds. The SMILES string of the molecule is CCCc1cc(=O)[nH]c(SCC(=O)Nc2cc(NC(=O)CSc3nc(CCC)cc(=O)[nH]3)cc(C(=O)O)c2)n1. The summed E-state index contributed by atoms with van der Waals surface area (Å²) in [6.45, 7) is 3.94. The minimum atomic E-state index is -1.24. The van der Waals surface area contributed by atoms with Crippen LogP contribution in [0.3, 0.4) is 0 Å². The zero-order valence-corrected chi connectivity index (χ0v) is 23.0. The maximum absolute atomic E-state index is 12.5. The highest BCUT2D eigenvalue weighted by Gasteiger charge is 2.13. The van der Waals surface area contributed by atoms with E-state index in [1.54, 1.807) is 0 Å². The fraction of sp³-hybridized carbons (Fsp3) is 0.320. The zero-order valence-electron chi connectivity index (χ0n) is 21.3. The molecule has 5 N–H and O–H groups in total. The summed E-state index contributed by atoms with van der Waals surface area (Å²) in [5.41, 5.74) is 0.853. The zero-order chi connectivity index (χ0) is 28.4. The fourth-order valence-corrected chi connectivity index (χ4v) is 4.82. The molecule has 0 atom stereocenters. The average Bonchev–Trinajstić information content (AvgIpc) is 2.86. The lowest BCUT2D eigenvalue weighted by molar-refractivity contribution is -0.114. The van der Waals surface area contributed by atoms with E-state index in [0.717, 1.165) is 36.4 Å². The fourth-order valence-electron chi connectivity index (χ4n) is 3.43. The average molecular weight is 573 g/mol. The first kappa shape index (κ1) is 29.6. The number of carboxylic acid groups (broad SMARTS) is 1. The summed E-state index contributed by atoms with van der Waals surface area (Å²) in [7, 11) is 0. The van der Waals surface area contributed by atoms with Crippen LogP contribution < -0.4 is 21.8 Å². The molecule has 0 aliphatic carbocycles. The molecule has 1 aromatic carbocycles. The molecule has 3 aromatic rings. The van der Waals surface area contributed by atoms with Crippen molar-refractivity contribution >= 4 is 52.7 Å². The summed E-state index contributed by atoms with van der Waals surface area (Å²) in [6, 6.07) is 6.80. The minimum absolute atomic E-state index is 0.0869. The molecule has 3 rings (SSSR count). The number of aromatic amines is 2. The van der Waals surface area contributed by atoms with E-state index >= 15 is 0 Å². The van der Waals surface area contributed by atoms with Crippen LogP contribution in [0.2, 0.25) is 0 Å². The Labute approximate surface area is 231 Å². The number of rotatable bonds is 13. The quantitative estimate of drug-likeness (QED) is 0.150. The number of H-pyrrole nitrogens is 2. The third kappa shape index (κ3) is 9.72. The van der Waals surface area contributed by atoms with Gasteiger partial charge in [-0.2, -0.15) is 0 Å². The molecular formula is C25H28N6O6S2. The molecule has 0 aliphatic rings. The molecule has 0 fully saturated rings. The van der Waals surface area contributed by atoms with E-state index in [4.69, 9.17) is 0 Å². The van der Waals surface area contributed by atoms with Gasteiger partial charge in [0, 0.05) is 34.9 Å². The van der Waals surface area contributed by atoms with Crippen molar-refractivity contribution in [2.24, 2.45) is 0 Å². The molecule has 206 valence electrons. The topological polar surface area (TPSA) is 187 Å². The summed E-state index contributed by atoms with van der Waals surface area (Å²) in [5, 5.41) is 15.3. The van der Waals surface area contributed by atoms with Gasteiger partial charge in [-0.05, 0) is 31.0 Å². The highest BCUT2D eigenvalue weighted by atomic mass is 32.2. The number of aromatic nitrogens is 4. The second-order valence-corrected chi connectivity index (χ2v) is 10.3. The number of aryl methyl sites for hydroxylation is 2. The minimum Gasteiger partial charge on any atom is -0.478 e. The van der Waals surface area contributed by atoms with Gasteiger partial charge in [0.1, 0.15) is 0 Å². The van der Waals surface area contributed by atoms with Gasteiger partial charge in [0.05, 0.1) is 17.1 Å². The molecule has 0 spiro atoms. The maximum Gasteiger partial charge on any atom is 0.335 e. The monoisotopic (exact) mass is 572 g/mol. The maximum atomic E-state index is 12.5. The van der Waals surface area contributed by atoms with Crippen LogP contribution >= 0.6 is 23.5 Å². The number of nitrogens with zero attached hydrogens (tertiary/aromatic N) is 2. The number of carbonyl (C=O) groups excluding carboxylic acids is 2. The Balaban J connectivity index is 1.64. The Morgan fingerprint density at radius 1 is 0.769 bits per heavy atom. The standard InChI is InChI=1S/C25H28N6O6S2/c1-3-5-15-10-19(32)30-24(28-15)38-12-21(34)26-17-7-14(23(36)37)8-18(9-17)27-22(35)13-39-25-29-16(6-4-2)11-20(33)31-25/h7-11H,3-6,12-13H2,1-2H3,(H,26,34)(H,27,35)(H,36,37)(H,28,30,32)(H,29,31,33). The van der Waals surface area contributed by atoms with E-state index in [2.05, 4.69) is 30.6 Å². The third-order valence-electron chi connectivity index (χ3n) is 4.99. The van der Waals surface area contributed by atoms with Gasteiger partial charge in [0.15, 0.2) is 10.3 Å². The van der Waals surface area contributed by atoms with Crippen molar-refractivity contribution < 1.29 is 19.5 Å². The first-order valence-electron chi connectivity index (χ1n) is 12.1. The lowest BCUT2D eigenvalue weighted by Gasteiger charge is -2.11. The molecule has 2 aromatic heterocycles. The van der Waals surface area contributed by atoms with E-state index in [1.807, 2.05) is 13.8 Å². The molecule has 2 heterocycles. The smallest absolute Gasteiger partial charge is 0.335 e. The predicted octanol–water partition coefficient (Wildman–Crippen LogP) is 2.92. The van der Waals surface area contributed by atoms with Crippen LogP contribution in [0.4, 0.5) is 11.4 Å². The Kier molecular flexibility index (Phi) is 10.9. The molecule has 0 saturated carbocycles. The number of hydrogen-bond acceptors (Lipinski definition) is 9. The highest BCUT2D eigenvalue weighted by molar-refractivity contribution is 8.00. The third-order valence-corrected chi connectivity index (χ3v) is 6.73. The van der Waals surface area contributed by atoms with Crippen LogP contribution in [0, 0.1) is 0 Å². The number of aromatic carboxylic acids is 1. The molecule has 0 saturated heterocycles. The summed E-state index contributed by atoms with van der Waals surface area (Å²) >= 11 is 2.08. The number of thioether (sulfide) groups is 2. The first-order chi connectivity index (χ1) is 18.6. The molecular weight excluding hydrogens is 544 g/mol. The molecule has 0 aliphatic heterocycles. The largest absolute Gasteiger partial charge is 0.478 e. The van der Waals surface area contributed by atoms with Crippen molar-refractivity contribution in [2.75, 3.05) is 22.1 Å².